The SMILES string of the molecule is Cc1cc(N)nn1CC1CCCO1. The molecule has 72 valence electrons. The van der Waals surface area contributed by atoms with Crippen LogP contribution in [-0.4, -0.2) is 22.5 Å². The normalized spacial score (nSPS) is 22.4. The van der Waals surface area contributed by atoms with E-state index in [0.717, 1.165) is 25.3 Å². The summed E-state index contributed by atoms with van der Waals surface area (Å²) in [6, 6.07) is 1.88. The van der Waals surface area contributed by atoms with Crippen LogP contribution >= 0.6 is 0 Å². The Labute approximate surface area is 77.7 Å². The van der Waals surface area contributed by atoms with E-state index < -0.39 is 0 Å². The third-order valence-corrected chi connectivity index (χ3v) is 2.40. The van der Waals surface area contributed by atoms with E-state index in [1.807, 2.05) is 17.7 Å². The molecule has 1 aliphatic rings. The molecule has 1 aromatic heterocycles. The fraction of sp³-hybridized carbons (Fsp3) is 0.667. The van der Waals surface area contributed by atoms with Crippen molar-refractivity contribution in [3.63, 3.8) is 0 Å². The van der Waals surface area contributed by atoms with Gasteiger partial charge in [0.15, 0.2) is 0 Å². The van der Waals surface area contributed by atoms with E-state index in [9.17, 15) is 0 Å². The summed E-state index contributed by atoms with van der Waals surface area (Å²) in [6.07, 6.45) is 2.64. The Bertz CT molecular complexity index is 289. The molecular formula is C9H15N3O. The number of nitrogen functional groups attached to an aromatic ring is 1. The summed E-state index contributed by atoms with van der Waals surface area (Å²) in [7, 11) is 0. The number of nitrogens with two attached hydrogens (primary N) is 1. The second-order valence-corrected chi connectivity index (χ2v) is 3.53. The Morgan fingerprint density at radius 2 is 2.62 bits per heavy atom. The minimum atomic E-state index is 0.331. The van der Waals surface area contributed by atoms with Gasteiger partial charge in [0.05, 0.1) is 12.6 Å². The first-order valence-electron chi connectivity index (χ1n) is 4.67. The molecule has 1 atom stereocenters. The van der Waals surface area contributed by atoms with Crippen LogP contribution in [-0.2, 0) is 11.3 Å². The number of hydrogen-bond acceptors (Lipinski definition) is 3. The largest absolute Gasteiger partial charge is 0.382 e. The van der Waals surface area contributed by atoms with Crippen molar-refractivity contribution in [2.75, 3.05) is 12.3 Å². The molecule has 1 aromatic rings. The average molecular weight is 181 g/mol. The zero-order chi connectivity index (χ0) is 9.26. The highest BCUT2D eigenvalue weighted by molar-refractivity contribution is 5.28. The first kappa shape index (κ1) is 8.56. The van der Waals surface area contributed by atoms with Crippen LogP contribution in [0.15, 0.2) is 6.07 Å². The van der Waals surface area contributed by atoms with Crippen molar-refractivity contribution in [2.45, 2.75) is 32.4 Å². The van der Waals surface area contributed by atoms with Crippen LogP contribution in [0.25, 0.3) is 0 Å². The molecule has 4 nitrogen and oxygen atoms in total. The molecule has 0 aliphatic carbocycles. The second kappa shape index (κ2) is 3.38. The van der Waals surface area contributed by atoms with E-state index >= 15 is 0 Å². The number of anilines is 1. The fourth-order valence-electron chi connectivity index (χ4n) is 1.70. The molecule has 1 fully saturated rings. The average Bonchev–Trinajstić information content (AvgIpc) is 2.63. The van der Waals surface area contributed by atoms with Crippen LogP contribution in [0.1, 0.15) is 18.5 Å². The Hall–Kier alpha value is -1.03. The lowest BCUT2D eigenvalue weighted by Gasteiger charge is -2.10. The Morgan fingerprint density at radius 3 is 3.15 bits per heavy atom. The van der Waals surface area contributed by atoms with E-state index in [4.69, 9.17) is 10.5 Å². The van der Waals surface area contributed by atoms with Crippen LogP contribution in [0.5, 0.6) is 0 Å². The number of nitrogens with zero attached hydrogens (tertiary/aromatic N) is 2. The molecule has 0 radical (unpaired) electrons. The quantitative estimate of drug-likeness (QED) is 0.739. The summed E-state index contributed by atoms with van der Waals surface area (Å²) in [5.74, 6) is 0.593. The number of aromatic nitrogens is 2. The van der Waals surface area contributed by atoms with Crippen LogP contribution in [0, 0.1) is 6.92 Å². The summed E-state index contributed by atoms with van der Waals surface area (Å²) in [6.45, 7) is 3.74. The van der Waals surface area contributed by atoms with Crippen molar-refractivity contribution >= 4 is 5.82 Å². The summed E-state index contributed by atoms with van der Waals surface area (Å²) >= 11 is 0. The molecule has 2 heterocycles. The molecular weight excluding hydrogens is 166 g/mol. The lowest BCUT2D eigenvalue weighted by molar-refractivity contribution is 0.0935. The van der Waals surface area contributed by atoms with Gasteiger partial charge in [-0.1, -0.05) is 0 Å². The van der Waals surface area contributed by atoms with Gasteiger partial charge in [0.2, 0.25) is 0 Å². The first-order valence-corrected chi connectivity index (χ1v) is 4.67. The first-order chi connectivity index (χ1) is 6.25. The second-order valence-electron chi connectivity index (χ2n) is 3.53. The predicted molar refractivity (Wildman–Crippen MR) is 50.4 cm³/mol. The summed E-state index contributed by atoms with van der Waals surface area (Å²) < 4.78 is 7.44. The van der Waals surface area contributed by atoms with Crippen molar-refractivity contribution < 1.29 is 4.74 Å². The topological polar surface area (TPSA) is 53.1 Å². The molecule has 2 rings (SSSR count). The summed E-state index contributed by atoms with van der Waals surface area (Å²) in [4.78, 5) is 0. The lowest BCUT2D eigenvalue weighted by Crippen LogP contribution is -2.16. The van der Waals surface area contributed by atoms with E-state index in [2.05, 4.69) is 5.10 Å². The molecule has 0 amide bonds. The summed E-state index contributed by atoms with van der Waals surface area (Å²) in [5.41, 5.74) is 6.69. The standard InChI is InChI=1S/C9H15N3O/c1-7-5-9(10)11-12(7)6-8-3-2-4-13-8/h5,8H,2-4,6H2,1H3,(H2,10,11). The summed E-state index contributed by atoms with van der Waals surface area (Å²) in [5, 5.41) is 4.19. The van der Waals surface area contributed by atoms with E-state index in [1.54, 1.807) is 0 Å². The number of hydrogen-bond donors (Lipinski definition) is 1. The van der Waals surface area contributed by atoms with E-state index in [1.165, 1.54) is 6.42 Å². The molecule has 0 saturated carbocycles. The molecule has 1 saturated heterocycles. The molecule has 0 bridgehead atoms. The van der Waals surface area contributed by atoms with Crippen LogP contribution in [0.2, 0.25) is 0 Å². The van der Waals surface area contributed by atoms with Gasteiger partial charge in [-0.15, -0.1) is 0 Å². The van der Waals surface area contributed by atoms with Gasteiger partial charge >= 0.3 is 0 Å². The Balaban J connectivity index is 2.03. The number of ether oxygens (including phenoxy) is 1. The van der Waals surface area contributed by atoms with Gasteiger partial charge in [0.25, 0.3) is 0 Å². The van der Waals surface area contributed by atoms with Gasteiger partial charge in [-0.3, -0.25) is 4.68 Å². The number of aryl methyl sites for hydroxylation is 1. The highest BCUT2D eigenvalue weighted by Gasteiger charge is 2.17. The van der Waals surface area contributed by atoms with Crippen molar-refractivity contribution in [1.82, 2.24) is 9.78 Å². The minimum absolute atomic E-state index is 0.331. The molecule has 1 aliphatic heterocycles. The molecule has 0 spiro atoms. The minimum Gasteiger partial charge on any atom is -0.382 e. The predicted octanol–water partition coefficient (Wildman–Crippen LogP) is 0.953. The molecule has 2 N–H and O–H groups in total. The van der Waals surface area contributed by atoms with Gasteiger partial charge in [0, 0.05) is 18.4 Å². The molecule has 1 unspecified atom stereocenters. The fourth-order valence-corrected chi connectivity index (χ4v) is 1.70. The monoisotopic (exact) mass is 181 g/mol. The van der Waals surface area contributed by atoms with Crippen molar-refractivity contribution in [3.05, 3.63) is 11.8 Å². The highest BCUT2D eigenvalue weighted by atomic mass is 16.5. The van der Waals surface area contributed by atoms with Crippen LogP contribution in [0.4, 0.5) is 5.82 Å². The Morgan fingerprint density at radius 1 is 1.77 bits per heavy atom. The lowest BCUT2D eigenvalue weighted by atomic mass is 10.2. The number of rotatable bonds is 2. The highest BCUT2D eigenvalue weighted by Crippen LogP contribution is 2.15. The zero-order valence-electron chi connectivity index (χ0n) is 7.86. The van der Waals surface area contributed by atoms with Gasteiger partial charge in [0.1, 0.15) is 5.82 Å². The van der Waals surface area contributed by atoms with Gasteiger partial charge < -0.3 is 10.5 Å². The zero-order valence-corrected chi connectivity index (χ0v) is 7.86. The third-order valence-electron chi connectivity index (χ3n) is 2.40. The maximum absolute atomic E-state index is 5.58. The Kier molecular flexibility index (Phi) is 2.22. The smallest absolute Gasteiger partial charge is 0.145 e. The van der Waals surface area contributed by atoms with Crippen molar-refractivity contribution in [1.29, 1.82) is 0 Å². The maximum atomic E-state index is 5.58. The van der Waals surface area contributed by atoms with Crippen LogP contribution < -0.4 is 5.73 Å². The van der Waals surface area contributed by atoms with E-state index in [-0.39, 0.29) is 0 Å². The van der Waals surface area contributed by atoms with Gasteiger partial charge in [-0.25, -0.2) is 0 Å². The van der Waals surface area contributed by atoms with Crippen molar-refractivity contribution in [3.8, 4) is 0 Å². The van der Waals surface area contributed by atoms with Crippen LogP contribution in [0.3, 0.4) is 0 Å². The van der Waals surface area contributed by atoms with Gasteiger partial charge in [-0.05, 0) is 19.8 Å². The van der Waals surface area contributed by atoms with Crippen molar-refractivity contribution in [2.24, 2.45) is 0 Å². The maximum Gasteiger partial charge on any atom is 0.145 e. The van der Waals surface area contributed by atoms with E-state index in [0.29, 0.717) is 11.9 Å². The molecule has 4 heteroatoms. The molecule has 13 heavy (non-hydrogen) atoms. The van der Waals surface area contributed by atoms with Gasteiger partial charge in [-0.2, -0.15) is 5.10 Å². The molecule has 0 aromatic carbocycles. The third kappa shape index (κ3) is 1.83.